The molecule has 0 bridgehead atoms. The van der Waals surface area contributed by atoms with Crippen molar-refractivity contribution in [3.8, 4) is 0 Å². The van der Waals surface area contributed by atoms with Crippen LogP contribution in [0.4, 0.5) is 8.78 Å². The van der Waals surface area contributed by atoms with Crippen LogP contribution in [0.1, 0.15) is 13.8 Å². The standard InChI is InChI=1S/C11H16F2N2O2S/c1-8(2)15(6-5-14)18(16,17)11-7-9(12)3-4-10(11)13/h3-4,7-8H,5-6,14H2,1-2H3. The van der Waals surface area contributed by atoms with Crippen molar-refractivity contribution in [1.29, 1.82) is 0 Å². The Kier molecular flexibility index (Phi) is 4.78. The third-order valence-corrected chi connectivity index (χ3v) is 4.50. The van der Waals surface area contributed by atoms with Crippen LogP contribution in [0.2, 0.25) is 0 Å². The van der Waals surface area contributed by atoms with E-state index in [2.05, 4.69) is 0 Å². The Morgan fingerprint density at radius 2 is 1.94 bits per heavy atom. The van der Waals surface area contributed by atoms with E-state index in [0.29, 0.717) is 6.07 Å². The molecule has 1 rings (SSSR count). The van der Waals surface area contributed by atoms with Gasteiger partial charge < -0.3 is 5.73 Å². The van der Waals surface area contributed by atoms with E-state index in [1.165, 1.54) is 0 Å². The van der Waals surface area contributed by atoms with E-state index in [1.54, 1.807) is 13.8 Å². The van der Waals surface area contributed by atoms with E-state index in [9.17, 15) is 17.2 Å². The van der Waals surface area contributed by atoms with Gasteiger partial charge in [0.1, 0.15) is 16.5 Å². The molecule has 1 aromatic rings. The fourth-order valence-electron chi connectivity index (χ4n) is 1.58. The Morgan fingerprint density at radius 3 is 2.44 bits per heavy atom. The maximum atomic E-state index is 13.5. The fourth-order valence-corrected chi connectivity index (χ4v) is 3.31. The van der Waals surface area contributed by atoms with Crippen molar-refractivity contribution in [3.63, 3.8) is 0 Å². The van der Waals surface area contributed by atoms with Crippen molar-refractivity contribution in [2.75, 3.05) is 13.1 Å². The summed E-state index contributed by atoms with van der Waals surface area (Å²) in [6.07, 6.45) is 0. The Balaban J connectivity index is 3.30. The Morgan fingerprint density at radius 1 is 1.33 bits per heavy atom. The highest BCUT2D eigenvalue weighted by atomic mass is 32.2. The number of hydrogen-bond acceptors (Lipinski definition) is 3. The molecule has 0 spiro atoms. The first-order valence-electron chi connectivity index (χ1n) is 5.47. The first kappa shape index (κ1) is 15.0. The smallest absolute Gasteiger partial charge is 0.246 e. The van der Waals surface area contributed by atoms with Crippen LogP contribution in [0.5, 0.6) is 0 Å². The third kappa shape index (κ3) is 3.04. The third-order valence-electron chi connectivity index (χ3n) is 2.41. The van der Waals surface area contributed by atoms with Gasteiger partial charge in [-0.15, -0.1) is 0 Å². The molecular weight excluding hydrogens is 262 g/mol. The van der Waals surface area contributed by atoms with E-state index < -0.39 is 26.6 Å². The summed E-state index contributed by atoms with van der Waals surface area (Å²) in [6.45, 7) is 3.44. The van der Waals surface area contributed by atoms with Gasteiger partial charge in [-0.3, -0.25) is 0 Å². The van der Waals surface area contributed by atoms with Gasteiger partial charge in [-0.2, -0.15) is 4.31 Å². The molecule has 0 saturated carbocycles. The molecule has 0 amide bonds. The van der Waals surface area contributed by atoms with Crippen LogP contribution >= 0.6 is 0 Å². The molecule has 0 unspecified atom stereocenters. The van der Waals surface area contributed by atoms with E-state index in [4.69, 9.17) is 5.73 Å². The number of benzene rings is 1. The predicted octanol–water partition coefficient (Wildman–Crippen LogP) is 1.32. The second-order valence-corrected chi connectivity index (χ2v) is 5.93. The molecule has 18 heavy (non-hydrogen) atoms. The van der Waals surface area contributed by atoms with E-state index in [-0.39, 0.29) is 19.1 Å². The maximum absolute atomic E-state index is 13.5. The molecule has 2 N–H and O–H groups in total. The molecular formula is C11H16F2N2O2S. The number of sulfonamides is 1. The molecule has 0 aliphatic carbocycles. The first-order valence-corrected chi connectivity index (χ1v) is 6.91. The molecule has 0 aromatic heterocycles. The number of hydrogen-bond donors (Lipinski definition) is 1. The van der Waals surface area contributed by atoms with Crippen molar-refractivity contribution in [2.45, 2.75) is 24.8 Å². The fraction of sp³-hybridized carbons (Fsp3) is 0.455. The zero-order valence-corrected chi connectivity index (χ0v) is 11.0. The minimum absolute atomic E-state index is 0.0515. The number of halogens is 2. The van der Waals surface area contributed by atoms with Crippen LogP contribution in [0.25, 0.3) is 0 Å². The normalized spacial score (nSPS) is 12.4. The van der Waals surface area contributed by atoms with Crippen LogP contribution in [-0.4, -0.2) is 31.9 Å². The highest BCUT2D eigenvalue weighted by Crippen LogP contribution is 2.21. The maximum Gasteiger partial charge on any atom is 0.246 e. The van der Waals surface area contributed by atoms with Gasteiger partial charge in [0, 0.05) is 19.1 Å². The zero-order valence-electron chi connectivity index (χ0n) is 10.2. The van der Waals surface area contributed by atoms with Crippen molar-refractivity contribution >= 4 is 10.0 Å². The molecule has 1 aromatic carbocycles. The van der Waals surface area contributed by atoms with Crippen LogP contribution < -0.4 is 5.73 Å². The van der Waals surface area contributed by atoms with Gasteiger partial charge in [-0.25, -0.2) is 17.2 Å². The van der Waals surface area contributed by atoms with Crippen LogP contribution in [-0.2, 0) is 10.0 Å². The minimum atomic E-state index is -4.08. The molecule has 0 radical (unpaired) electrons. The van der Waals surface area contributed by atoms with Gasteiger partial charge in [0.15, 0.2) is 0 Å². The summed E-state index contributed by atoms with van der Waals surface area (Å²) in [5.41, 5.74) is 5.34. The van der Waals surface area contributed by atoms with Gasteiger partial charge >= 0.3 is 0 Å². The SMILES string of the molecule is CC(C)N(CCN)S(=O)(=O)c1cc(F)ccc1F. The molecule has 4 nitrogen and oxygen atoms in total. The van der Waals surface area contributed by atoms with Crippen molar-refractivity contribution in [3.05, 3.63) is 29.8 Å². The van der Waals surface area contributed by atoms with Crippen molar-refractivity contribution in [2.24, 2.45) is 5.73 Å². The van der Waals surface area contributed by atoms with Gasteiger partial charge in [0.25, 0.3) is 0 Å². The summed E-state index contributed by atoms with van der Waals surface area (Å²) < 4.78 is 52.0. The lowest BCUT2D eigenvalue weighted by Crippen LogP contribution is -2.40. The summed E-state index contributed by atoms with van der Waals surface area (Å²) in [4.78, 5) is -0.662. The first-order chi connectivity index (χ1) is 8.30. The monoisotopic (exact) mass is 278 g/mol. The van der Waals surface area contributed by atoms with Gasteiger partial charge in [-0.05, 0) is 32.0 Å². The topological polar surface area (TPSA) is 63.4 Å². The second-order valence-electron chi connectivity index (χ2n) is 4.07. The molecule has 0 aliphatic rings. The summed E-state index contributed by atoms with van der Waals surface area (Å²) in [7, 11) is -4.08. The highest BCUT2D eigenvalue weighted by molar-refractivity contribution is 7.89. The van der Waals surface area contributed by atoms with Gasteiger partial charge in [-0.1, -0.05) is 0 Å². The second kappa shape index (κ2) is 5.73. The zero-order chi connectivity index (χ0) is 13.9. The molecule has 0 fully saturated rings. The lowest BCUT2D eigenvalue weighted by Gasteiger charge is -2.25. The summed E-state index contributed by atoms with van der Waals surface area (Å²) in [5, 5.41) is 0. The van der Waals surface area contributed by atoms with Gasteiger partial charge in [0.2, 0.25) is 10.0 Å². The average molecular weight is 278 g/mol. The molecule has 0 saturated heterocycles. The summed E-state index contributed by atoms with van der Waals surface area (Å²) in [6, 6.07) is 1.96. The van der Waals surface area contributed by atoms with Crippen LogP contribution in [0.3, 0.4) is 0 Å². The van der Waals surface area contributed by atoms with Crippen LogP contribution in [0, 0.1) is 11.6 Å². The van der Waals surface area contributed by atoms with E-state index in [1.807, 2.05) is 0 Å². The number of rotatable bonds is 5. The largest absolute Gasteiger partial charge is 0.329 e. The average Bonchev–Trinajstić information content (AvgIpc) is 2.28. The number of nitrogens with zero attached hydrogens (tertiary/aromatic N) is 1. The van der Waals surface area contributed by atoms with E-state index in [0.717, 1.165) is 16.4 Å². The molecule has 0 aliphatic heterocycles. The van der Waals surface area contributed by atoms with Gasteiger partial charge in [0.05, 0.1) is 0 Å². The van der Waals surface area contributed by atoms with Crippen LogP contribution in [0.15, 0.2) is 23.1 Å². The van der Waals surface area contributed by atoms with Crippen molar-refractivity contribution in [1.82, 2.24) is 4.31 Å². The molecule has 0 heterocycles. The Hall–Kier alpha value is -1.05. The quantitative estimate of drug-likeness (QED) is 0.883. The minimum Gasteiger partial charge on any atom is -0.329 e. The molecule has 7 heteroatoms. The lowest BCUT2D eigenvalue weighted by atomic mass is 10.3. The molecule has 102 valence electrons. The summed E-state index contributed by atoms with van der Waals surface area (Å²) in [5.74, 6) is -1.77. The molecule has 0 atom stereocenters. The Labute approximate surface area is 105 Å². The van der Waals surface area contributed by atoms with Crippen molar-refractivity contribution < 1.29 is 17.2 Å². The lowest BCUT2D eigenvalue weighted by molar-refractivity contribution is 0.358. The van der Waals surface area contributed by atoms with E-state index >= 15 is 0 Å². The highest BCUT2D eigenvalue weighted by Gasteiger charge is 2.29. The summed E-state index contributed by atoms with van der Waals surface area (Å²) >= 11 is 0. The number of nitrogens with two attached hydrogens (primary N) is 1. The Bertz CT molecular complexity index is 518. The predicted molar refractivity (Wildman–Crippen MR) is 64.4 cm³/mol.